The second kappa shape index (κ2) is 9.08. The van der Waals surface area contributed by atoms with Crippen molar-refractivity contribution in [3.63, 3.8) is 0 Å². The van der Waals surface area contributed by atoms with E-state index >= 15 is 0 Å². The molecule has 6 heteroatoms. The predicted molar refractivity (Wildman–Crippen MR) is 92.7 cm³/mol. The van der Waals surface area contributed by atoms with E-state index in [1.54, 1.807) is 25.1 Å². The van der Waals surface area contributed by atoms with Gasteiger partial charge in [-0.2, -0.15) is 0 Å². The van der Waals surface area contributed by atoms with E-state index in [4.69, 9.17) is 9.47 Å². The van der Waals surface area contributed by atoms with Gasteiger partial charge in [-0.25, -0.2) is 9.59 Å². The molecule has 0 saturated carbocycles. The van der Waals surface area contributed by atoms with Crippen molar-refractivity contribution in [2.45, 2.75) is 38.8 Å². The maximum absolute atomic E-state index is 12.0. The number of ether oxygens (including phenoxy) is 2. The molecular weight excluding hydrogens is 308 g/mol. The highest BCUT2D eigenvalue weighted by Crippen LogP contribution is 2.16. The third kappa shape index (κ3) is 5.70. The largest absolute Gasteiger partial charge is 0.463 e. The van der Waals surface area contributed by atoms with Crippen LogP contribution in [0, 0.1) is 0 Å². The molecule has 2 rings (SSSR count). The van der Waals surface area contributed by atoms with Crippen LogP contribution in [-0.4, -0.2) is 37.4 Å². The Kier molecular flexibility index (Phi) is 6.81. The van der Waals surface area contributed by atoms with Crippen molar-refractivity contribution >= 4 is 23.8 Å². The fraction of sp³-hybridized carbons (Fsp3) is 0.444. The Balaban J connectivity index is 1.82. The molecule has 0 bridgehead atoms. The van der Waals surface area contributed by atoms with Gasteiger partial charge in [0.15, 0.2) is 0 Å². The topological polar surface area (TPSA) is 76.7 Å². The van der Waals surface area contributed by atoms with Crippen molar-refractivity contribution in [2.24, 2.45) is 0 Å². The van der Waals surface area contributed by atoms with Gasteiger partial charge in [0, 0.05) is 18.4 Å². The fourth-order valence-electron chi connectivity index (χ4n) is 2.50. The molecule has 0 spiro atoms. The van der Waals surface area contributed by atoms with Crippen LogP contribution in [0.3, 0.4) is 0 Å². The average Bonchev–Trinajstić information content (AvgIpc) is 3.09. The van der Waals surface area contributed by atoms with E-state index in [0.29, 0.717) is 12.3 Å². The monoisotopic (exact) mass is 332 g/mol. The third-order valence-electron chi connectivity index (χ3n) is 3.75. The first-order valence-corrected chi connectivity index (χ1v) is 8.22. The van der Waals surface area contributed by atoms with Gasteiger partial charge < -0.3 is 20.1 Å². The number of hydrogen-bond acceptors (Lipinski definition) is 4. The SMILES string of the molecule is CCOC(=O)C=Cc1ccc(NC(=O)NC(C)C2CCCO2)cc1. The first kappa shape index (κ1) is 18.0. The van der Waals surface area contributed by atoms with E-state index in [1.165, 1.54) is 6.08 Å². The second-order valence-corrected chi connectivity index (χ2v) is 5.65. The molecule has 1 saturated heterocycles. The minimum Gasteiger partial charge on any atom is -0.463 e. The number of benzene rings is 1. The standard InChI is InChI=1S/C18H24N2O4/c1-3-23-17(21)11-8-14-6-9-15(10-7-14)20-18(22)19-13(2)16-5-4-12-24-16/h6-11,13,16H,3-5,12H2,1-2H3,(H2,19,20,22). The highest BCUT2D eigenvalue weighted by molar-refractivity contribution is 5.90. The number of esters is 1. The molecule has 0 aromatic heterocycles. The van der Waals surface area contributed by atoms with Gasteiger partial charge in [0.05, 0.1) is 18.8 Å². The first-order chi connectivity index (χ1) is 11.6. The van der Waals surface area contributed by atoms with E-state index in [9.17, 15) is 9.59 Å². The van der Waals surface area contributed by atoms with Gasteiger partial charge in [0.1, 0.15) is 0 Å². The number of carbonyl (C=O) groups excluding carboxylic acids is 2. The van der Waals surface area contributed by atoms with Gasteiger partial charge in [-0.15, -0.1) is 0 Å². The van der Waals surface area contributed by atoms with Crippen LogP contribution in [-0.2, 0) is 14.3 Å². The van der Waals surface area contributed by atoms with E-state index in [1.807, 2.05) is 19.1 Å². The number of urea groups is 1. The normalized spacial score (nSPS) is 18.3. The quantitative estimate of drug-likeness (QED) is 0.620. The summed E-state index contributed by atoms with van der Waals surface area (Å²) in [5, 5.41) is 5.68. The summed E-state index contributed by atoms with van der Waals surface area (Å²) in [6.45, 7) is 4.82. The van der Waals surface area contributed by atoms with Crippen LogP contribution in [0.4, 0.5) is 10.5 Å². The number of amides is 2. The molecule has 130 valence electrons. The van der Waals surface area contributed by atoms with Crippen molar-refractivity contribution < 1.29 is 19.1 Å². The van der Waals surface area contributed by atoms with Crippen molar-refractivity contribution in [3.05, 3.63) is 35.9 Å². The van der Waals surface area contributed by atoms with E-state index in [0.717, 1.165) is 25.0 Å². The summed E-state index contributed by atoms with van der Waals surface area (Å²) in [4.78, 5) is 23.3. The first-order valence-electron chi connectivity index (χ1n) is 8.22. The Morgan fingerprint density at radius 3 is 2.75 bits per heavy atom. The molecule has 2 N–H and O–H groups in total. The lowest BCUT2D eigenvalue weighted by Crippen LogP contribution is -2.42. The van der Waals surface area contributed by atoms with Crippen LogP contribution < -0.4 is 10.6 Å². The molecule has 1 aromatic rings. The fourth-order valence-corrected chi connectivity index (χ4v) is 2.50. The van der Waals surface area contributed by atoms with Gasteiger partial charge in [-0.1, -0.05) is 12.1 Å². The lowest BCUT2D eigenvalue weighted by atomic mass is 10.1. The van der Waals surface area contributed by atoms with Crippen LogP contribution >= 0.6 is 0 Å². The zero-order valence-electron chi connectivity index (χ0n) is 14.1. The van der Waals surface area contributed by atoms with E-state index in [-0.39, 0.29) is 24.1 Å². The van der Waals surface area contributed by atoms with Crippen LogP contribution in [0.5, 0.6) is 0 Å². The summed E-state index contributed by atoms with van der Waals surface area (Å²) >= 11 is 0. The zero-order valence-corrected chi connectivity index (χ0v) is 14.1. The molecule has 24 heavy (non-hydrogen) atoms. The van der Waals surface area contributed by atoms with Gasteiger partial charge >= 0.3 is 12.0 Å². The third-order valence-corrected chi connectivity index (χ3v) is 3.75. The number of carbonyl (C=O) groups is 2. The Hall–Kier alpha value is -2.34. The van der Waals surface area contributed by atoms with Crippen molar-refractivity contribution in [2.75, 3.05) is 18.5 Å². The predicted octanol–water partition coefficient (Wildman–Crippen LogP) is 2.95. The van der Waals surface area contributed by atoms with Crippen LogP contribution in [0.25, 0.3) is 6.08 Å². The van der Waals surface area contributed by atoms with Crippen molar-refractivity contribution in [1.29, 1.82) is 0 Å². The van der Waals surface area contributed by atoms with Crippen LogP contribution in [0.2, 0.25) is 0 Å². The number of nitrogens with one attached hydrogen (secondary N) is 2. The lowest BCUT2D eigenvalue weighted by Gasteiger charge is -2.20. The smallest absolute Gasteiger partial charge is 0.330 e. The maximum atomic E-state index is 12.0. The summed E-state index contributed by atoms with van der Waals surface area (Å²) in [7, 11) is 0. The molecule has 2 atom stereocenters. The molecule has 1 aliphatic rings. The molecular formula is C18H24N2O4. The summed E-state index contributed by atoms with van der Waals surface area (Å²) in [6.07, 6.45) is 5.15. The summed E-state index contributed by atoms with van der Waals surface area (Å²) in [6, 6.07) is 6.90. The Labute approximate surface area is 142 Å². The van der Waals surface area contributed by atoms with Gasteiger partial charge in [0.25, 0.3) is 0 Å². The minimum absolute atomic E-state index is 0.0284. The molecule has 1 fully saturated rings. The van der Waals surface area contributed by atoms with Crippen LogP contribution in [0.1, 0.15) is 32.3 Å². The zero-order chi connectivity index (χ0) is 17.4. The molecule has 2 amide bonds. The molecule has 0 radical (unpaired) electrons. The molecule has 6 nitrogen and oxygen atoms in total. The molecule has 0 aliphatic carbocycles. The Morgan fingerprint density at radius 1 is 1.38 bits per heavy atom. The Morgan fingerprint density at radius 2 is 2.12 bits per heavy atom. The second-order valence-electron chi connectivity index (χ2n) is 5.65. The van der Waals surface area contributed by atoms with Crippen molar-refractivity contribution in [1.82, 2.24) is 5.32 Å². The molecule has 2 unspecified atom stereocenters. The number of hydrogen-bond donors (Lipinski definition) is 2. The highest BCUT2D eigenvalue weighted by Gasteiger charge is 2.23. The van der Waals surface area contributed by atoms with Crippen molar-refractivity contribution in [3.8, 4) is 0 Å². The van der Waals surface area contributed by atoms with Gasteiger partial charge in [-0.05, 0) is 50.5 Å². The van der Waals surface area contributed by atoms with Crippen LogP contribution in [0.15, 0.2) is 30.3 Å². The summed E-state index contributed by atoms with van der Waals surface area (Å²) in [5.74, 6) is -0.373. The molecule has 1 aliphatic heterocycles. The summed E-state index contributed by atoms with van der Waals surface area (Å²) in [5.41, 5.74) is 1.53. The summed E-state index contributed by atoms with van der Waals surface area (Å²) < 4.78 is 10.4. The average molecular weight is 332 g/mol. The maximum Gasteiger partial charge on any atom is 0.330 e. The number of rotatable bonds is 6. The van der Waals surface area contributed by atoms with Gasteiger partial charge in [0.2, 0.25) is 0 Å². The minimum atomic E-state index is -0.373. The Bertz CT molecular complexity index is 577. The lowest BCUT2D eigenvalue weighted by molar-refractivity contribution is -0.137. The van der Waals surface area contributed by atoms with E-state index in [2.05, 4.69) is 10.6 Å². The van der Waals surface area contributed by atoms with E-state index < -0.39 is 0 Å². The highest BCUT2D eigenvalue weighted by atomic mass is 16.5. The van der Waals surface area contributed by atoms with Gasteiger partial charge in [-0.3, -0.25) is 0 Å². The molecule has 1 heterocycles. The number of anilines is 1. The molecule has 1 aromatic carbocycles.